The summed E-state index contributed by atoms with van der Waals surface area (Å²) in [6.07, 6.45) is 1.13. The van der Waals surface area contributed by atoms with Gasteiger partial charge < -0.3 is 10.5 Å². The number of nitrogens with two attached hydrogens (primary N) is 1. The number of sulfonamides is 1. The number of halogens is 1. The van der Waals surface area contributed by atoms with E-state index in [1.54, 1.807) is 6.92 Å². The minimum absolute atomic E-state index is 0.0639. The van der Waals surface area contributed by atoms with E-state index < -0.39 is 15.8 Å². The zero-order valence-corrected chi connectivity index (χ0v) is 12.0. The molecule has 0 aliphatic rings. The van der Waals surface area contributed by atoms with E-state index in [9.17, 15) is 12.8 Å². The fraction of sp³-hybridized carbons (Fsp3) is 0.154. The number of anilines is 2. The van der Waals surface area contributed by atoms with Crippen LogP contribution in [-0.2, 0) is 10.0 Å². The van der Waals surface area contributed by atoms with Crippen LogP contribution < -0.4 is 15.2 Å². The largest absolute Gasteiger partial charge is 0.491 e. The average Bonchev–Trinajstić information content (AvgIpc) is 2.42. The van der Waals surface area contributed by atoms with Gasteiger partial charge in [-0.15, -0.1) is 0 Å². The highest BCUT2D eigenvalue weighted by molar-refractivity contribution is 7.92. The van der Waals surface area contributed by atoms with Crippen LogP contribution in [0.2, 0.25) is 0 Å². The number of nitrogen functional groups attached to an aromatic ring is 1. The first-order valence-corrected chi connectivity index (χ1v) is 7.57. The predicted octanol–water partition coefficient (Wildman–Crippen LogP) is 2.00. The highest BCUT2D eigenvalue weighted by Crippen LogP contribution is 2.23. The van der Waals surface area contributed by atoms with Gasteiger partial charge in [0.2, 0.25) is 0 Å². The molecule has 0 amide bonds. The summed E-state index contributed by atoms with van der Waals surface area (Å²) in [5.41, 5.74) is 5.49. The molecule has 1 heterocycles. The summed E-state index contributed by atoms with van der Waals surface area (Å²) in [6.45, 7) is 2.04. The van der Waals surface area contributed by atoms with Gasteiger partial charge in [0, 0.05) is 12.3 Å². The molecule has 0 aliphatic heterocycles. The zero-order chi connectivity index (χ0) is 15.5. The number of nitrogens with one attached hydrogen (secondary N) is 1. The van der Waals surface area contributed by atoms with Gasteiger partial charge in [0.1, 0.15) is 10.7 Å². The third-order valence-corrected chi connectivity index (χ3v) is 3.92. The van der Waals surface area contributed by atoms with Gasteiger partial charge >= 0.3 is 0 Å². The third kappa shape index (κ3) is 3.60. The van der Waals surface area contributed by atoms with Crippen molar-refractivity contribution in [2.45, 2.75) is 11.8 Å². The molecule has 2 rings (SSSR count). The number of benzene rings is 1. The van der Waals surface area contributed by atoms with Gasteiger partial charge in [-0.25, -0.2) is 17.8 Å². The number of rotatable bonds is 5. The maximum atomic E-state index is 13.7. The Morgan fingerprint density at radius 2 is 2.10 bits per heavy atom. The summed E-state index contributed by atoms with van der Waals surface area (Å²) in [6, 6.07) is 6.50. The number of aromatic nitrogens is 1. The summed E-state index contributed by atoms with van der Waals surface area (Å²) >= 11 is 0. The molecule has 1 aromatic heterocycles. The number of ether oxygens (including phenoxy) is 1. The molecule has 21 heavy (non-hydrogen) atoms. The molecule has 3 N–H and O–H groups in total. The van der Waals surface area contributed by atoms with Crippen molar-refractivity contribution in [3.8, 4) is 5.75 Å². The van der Waals surface area contributed by atoms with Crippen LogP contribution in [0.1, 0.15) is 6.92 Å². The summed E-state index contributed by atoms with van der Waals surface area (Å²) in [5.74, 6) is -0.372. The highest BCUT2D eigenvalue weighted by atomic mass is 32.2. The standard InChI is InChI=1S/C13H14FN3O3S/c1-2-20-12-5-3-9(7-11(12)14)17-21(18,19)10-4-6-13(15)16-8-10/h3-8,17H,2H2,1H3,(H2,15,16). The Kier molecular flexibility index (Phi) is 4.27. The normalized spacial score (nSPS) is 11.1. The van der Waals surface area contributed by atoms with E-state index in [1.807, 2.05) is 0 Å². The van der Waals surface area contributed by atoms with Crippen molar-refractivity contribution in [1.29, 1.82) is 0 Å². The Hall–Kier alpha value is -2.35. The quantitative estimate of drug-likeness (QED) is 0.880. The maximum absolute atomic E-state index is 13.7. The first-order valence-electron chi connectivity index (χ1n) is 6.09. The number of hydrogen-bond acceptors (Lipinski definition) is 5. The molecule has 2 aromatic rings. The molecule has 0 saturated carbocycles. The molecule has 0 radical (unpaired) electrons. The third-order valence-electron chi connectivity index (χ3n) is 2.55. The van der Waals surface area contributed by atoms with Gasteiger partial charge in [0.05, 0.1) is 12.3 Å². The molecular weight excluding hydrogens is 297 g/mol. The van der Waals surface area contributed by atoms with Crippen molar-refractivity contribution in [2.24, 2.45) is 0 Å². The number of pyridine rings is 1. The van der Waals surface area contributed by atoms with E-state index in [0.29, 0.717) is 6.61 Å². The van der Waals surface area contributed by atoms with Crippen LogP contribution in [0, 0.1) is 5.82 Å². The summed E-state index contributed by atoms with van der Waals surface area (Å²) in [5, 5.41) is 0. The molecule has 0 fully saturated rings. The SMILES string of the molecule is CCOc1ccc(NS(=O)(=O)c2ccc(N)nc2)cc1F. The van der Waals surface area contributed by atoms with Gasteiger partial charge in [-0.3, -0.25) is 4.72 Å². The molecule has 0 bridgehead atoms. The summed E-state index contributed by atoms with van der Waals surface area (Å²) in [4.78, 5) is 3.64. The second-order valence-corrected chi connectivity index (χ2v) is 5.78. The molecule has 0 saturated heterocycles. The van der Waals surface area contributed by atoms with Crippen molar-refractivity contribution in [1.82, 2.24) is 4.98 Å². The van der Waals surface area contributed by atoms with E-state index in [2.05, 4.69) is 9.71 Å². The lowest BCUT2D eigenvalue weighted by Crippen LogP contribution is -2.13. The molecule has 0 atom stereocenters. The van der Waals surface area contributed by atoms with Crippen LogP contribution in [0.4, 0.5) is 15.9 Å². The van der Waals surface area contributed by atoms with Gasteiger partial charge in [0.15, 0.2) is 11.6 Å². The lowest BCUT2D eigenvalue weighted by atomic mass is 10.3. The van der Waals surface area contributed by atoms with Crippen molar-refractivity contribution in [3.63, 3.8) is 0 Å². The molecule has 0 spiro atoms. The van der Waals surface area contributed by atoms with Gasteiger partial charge in [-0.05, 0) is 31.2 Å². The van der Waals surface area contributed by atoms with E-state index in [-0.39, 0.29) is 22.2 Å². The van der Waals surface area contributed by atoms with E-state index >= 15 is 0 Å². The molecule has 8 heteroatoms. The van der Waals surface area contributed by atoms with E-state index in [4.69, 9.17) is 10.5 Å². The number of hydrogen-bond donors (Lipinski definition) is 2. The van der Waals surface area contributed by atoms with E-state index in [0.717, 1.165) is 12.3 Å². The summed E-state index contributed by atoms with van der Waals surface area (Å²) < 4.78 is 45.2. The Balaban J connectivity index is 2.24. The molecular formula is C13H14FN3O3S. The van der Waals surface area contributed by atoms with Crippen LogP contribution in [-0.4, -0.2) is 20.0 Å². The monoisotopic (exact) mass is 311 g/mol. The summed E-state index contributed by atoms with van der Waals surface area (Å²) in [7, 11) is -3.85. The fourth-order valence-corrected chi connectivity index (χ4v) is 2.60. The van der Waals surface area contributed by atoms with Crippen molar-refractivity contribution in [2.75, 3.05) is 17.1 Å². The molecule has 112 valence electrons. The van der Waals surface area contributed by atoms with Crippen molar-refractivity contribution < 1.29 is 17.5 Å². The fourth-order valence-electron chi connectivity index (χ4n) is 1.60. The van der Waals surface area contributed by atoms with Crippen LogP contribution in [0.5, 0.6) is 5.75 Å². The number of nitrogens with zero attached hydrogens (tertiary/aromatic N) is 1. The van der Waals surface area contributed by atoms with Crippen LogP contribution in [0.3, 0.4) is 0 Å². The first kappa shape index (κ1) is 15.0. The van der Waals surface area contributed by atoms with Crippen LogP contribution >= 0.6 is 0 Å². The minimum atomic E-state index is -3.85. The highest BCUT2D eigenvalue weighted by Gasteiger charge is 2.15. The molecule has 6 nitrogen and oxygen atoms in total. The smallest absolute Gasteiger partial charge is 0.263 e. The molecule has 0 unspecified atom stereocenters. The maximum Gasteiger partial charge on any atom is 0.263 e. The van der Waals surface area contributed by atoms with Gasteiger partial charge in [-0.1, -0.05) is 0 Å². The van der Waals surface area contributed by atoms with Crippen molar-refractivity contribution in [3.05, 3.63) is 42.3 Å². The zero-order valence-electron chi connectivity index (χ0n) is 11.2. The molecule has 1 aromatic carbocycles. The lowest BCUT2D eigenvalue weighted by Gasteiger charge is -2.10. The van der Waals surface area contributed by atoms with Crippen molar-refractivity contribution >= 4 is 21.5 Å². The second kappa shape index (κ2) is 5.96. The Bertz CT molecular complexity index is 733. The minimum Gasteiger partial charge on any atom is -0.491 e. The average molecular weight is 311 g/mol. The predicted molar refractivity (Wildman–Crippen MR) is 77.0 cm³/mol. The Morgan fingerprint density at radius 1 is 1.33 bits per heavy atom. The van der Waals surface area contributed by atoms with Crippen LogP contribution in [0.15, 0.2) is 41.4 Å². The molecule has 0 aliphatic carbocycles. The topological polar surface area (TPSA) is 94.3 Å². The second-order valence-electron chi connectivity index (χ2n) is 4.10. The first-order chi connectivity index (χ1) is 9.92. The van der Waals surface area contributed by atoms with Gasteiger partial charge in [0.25, 0.3) is 10.0 Å². The van der Waals surface area contributed by atoms with Crippen LogP contribution in [0.25, 0.3) is 0 Å². The Labute approximate surface area is 121 Å². The van der Waals surface area contributed by atoms with E-state index in [1.165, 1.54) is 24.3 Å². The van der Waals surface area contributed by atoms with Gasteiger partial charge in [-0.2, -0.15) is 0 Å². The lowest BCUT2D eigenvalue weighted by molar-refractivity contribution is 0.321. The Morgan fingerprint density at radius 3 is 2.67 bits per heavy atom.